The standard InChI is InChI=1S/C20H25FN2O3S/c1-4-26-19-9-10-20(16(3)15(19)2)27(24,25)23-13-11-22(12-14-23)18-7-5-17(21)6-8-18/h5-10H,4,11-14H2,1-3H3. The zero-order chi connectivity index (χ0) is 19.6. The van der Waals surface area contributed by atoms with Gasteiger partial charge in [-0.3, -0.25) is 0 Å². The number of benzene rings is 2. The van der Waals surface area contributed by atoms with Crippen LogP contribution in [0, 0.1) is 19.7 Å². The smallest absolute Gasteiger partial charge is 0.243 e. The van der Waals surface area contributed by atoms with Gasteiger partial charge in [-0.1, -0.05) is 0 Å². The number of rotatable bonds is 5. The first-order valence-electron chi connectivity index (χ1n) is 9.08. The summed E-state index contributed by atoms with van der Waals surface area (Å²) in [5.41, 5.74) is 2.48. The van der Waals surface area contributed by atoms with Crippen LogP contribution >= 0.6 is 0 Å². The van der Waals surface area contributed by atoms with Crippen molar-refractivity contribution in [3.8, 4) is 5.75 Å². The minimum atomic E-state index is -3.57. The number of sulfonamides is 1. The highest BCUT2D eigenvalue weighted by atomic mass is 32.2. The molecule has 0 unspecified atom stereocenters. The molecule has 27 heavy (non-hydrogen) atoms. The molecule has 0 N–H and O–H groups in total. The van der Waals surface area contributed by atoms with Crippen LogP contribution in [0.1, 0.15) is 18.1 Å². The van der Waals surface area contributed by atoms with Gasteiger partial charge in [0, 0.05) is 31.9 Å². The molecular formula is C20H25FN2O3S. The highest BCUT2D eigenvalue weighted by molar-refractivity contribution is 7.89. The van der Waals surface area contributed by atoms with Crippen LogP contribution in [0.25, 0.3) is 0 Å². The summed E-state index contributed by atoms with van der Waals surface area (Å²) in [5.74, 6) is 0.441. The Balaban J connectivity index is 1.77. The van der Waals surface area contributed by atoms with Crippen LogP contribution in [-0.4, -0.2) is 45.5 Å². The number of anilines is 1. The third-order valence-electron chi connectivity index (χ3n) is 5.04. The van der Waals surface area contributed by atoms with Gasteiger partial charge in [0.05, 0.1) is 11.5 Å². The normalized spacial score (nSPS) is 15.8. The number of hydrogen-bond acceptors (Lipinski definition) is 4. The van der Waals surface area contributed by atoms with Gasteiger partial charge in [-0.05, 0) is 68.3 Å². The van der Waals surface area contributed by atoms with Crippen LogP contribution in [0.5, 0.6) is 5.75 Å². The average molecular weight is 392 g/mol. The molecule has 0 amide bonds. The molecule has 2 aromatic rings. The molecule has 7 heteroatoms. The highest BCUT2D eigenvalue weighted by Crippen LogP contribution is 2.30. The molecule has 5 nitrogen and oxygen atoms in total. The SMILES string of the molecule is CCOc1ccc(S(=O)(=O)N2CCN(c3ccc(F)cc3)CC2)c(C)c1C. The van der Waals surface area contributed by atoms with E-state index in [0.29, 0.717) is 37.7 Å². The fraction of sp³-hybridized carbons (Fsp3) is 0.400. The van der Waals surface area contributed by atoms with E-state index in [2.05, 4.69) is 4.90 Å². The summed E-state index contributed by atoms with van der Waals surface area (Å²) >= 11 is 0. The van der Waals surface area contributed by atoms with Crippen molar-refractivity contribution in [1.82, 2.24) is 4.31 Å². The fourth-order valence-corrected chi connectivity index (χ4v) is 5.04. The van der Waals surface area contributed by atoms with Crippen molar-refractivity contribution >= 4 is 15.7 Å². The van der Waals surface area contributed by atoms with Crippen molar-refractivity contribution in [2.24, 2.45) is 0 Å². The molecule has 2 aromatic carbocycles. The molecule has 1 fully saturated rings. The van der Waals surface area contributed by atoms with Gasteiger partial charge in [0.2, 0.25) is 10.0 Å². The van der Waals surface area contributed by atoms with Crippen molar-refractivity contribution in [2.75, 3.05) is 37.7 Å². The summed E-state index contributed by atoms with van der Waals surface area (Å²) in [7, 11) is -3.57. The number of halogens is 1. The van der Waals surface area contributed by atoms with E-state index in [1.165, 1.54) is 16.4 Å². The lowest BCUT2D eigenvalue weighted by molar-refractivity contribution is 0.337. The molecule has 0 bridgehead atoms. The summed E-state index contributed by atoms with van der Waals surface area (Å²) in [6, 6.07) is 9.65. The van der Waals surface area contributed by atoms with Gasteiger partial charge in [0.1, 0.15) is 11.6 Å². The molecule has 0 atom stereocenters. The lowest BCUT2D eigenvalue weighted by Crippen LogP contribution is -2.48. The van der Waals surface area contributed by atoms with E-state index in [-0.39, 0.29) is 5.82 Å². The second-order valence-corrected chi connectivity index (χ2v) is 8.52. The van der Waals surface area contributed by atoms with Crippen molar-refractivity contribution < 1.29 is 17.5 Å². The number of ether oxygens (including phenoxy) is 1. The Hall–Kier alpha value is -2.12. The summed E-state index contributed by atoms with van der Waals surface area (Å²) in [4.78, 5) is 2.40. The van der Waals surface area contributed by atoms with Crippen molar-refractivity contribution in [3.05, 3.63) is 53.3 Å². The monoisotopic (exact) mass is 392 g/mol. The van der Waals surface area contributed by atoms with Gasteiger partial charge >= 0.3 is 0 Å². The Morgan fingerprint density at radius 1 is 0.963 bits per heavy atom. The molecule has 0 saturated carbocycles. The second-order valence-electron chi connectivity index (χ2n) is 6.61. The first-order chi connectivity index (χ1) is 12.8. The first kappa shape index (κ1) is 19.6. The minimum Gasteiger partial charge on any atom is -0.494 e. The molecule has 0 aliphatic carbocycles. The molecule has 0 radical (unpaired) electrons. The third-order valence-corrected chi connectivity index (χ3v) is 7.08. The van der Waals surface area contributed by atoms with Crippen molar-refractivity contribution in [1.29, 1.82) is 0 Å². The van der Waals surface area contributed by atoms with Gasteiger partial charge < -0.3 is 9.64 Å². The predicted molar refractivity (Wildman–Crippen MR) is 104 cm³/mol. The maximum Gasteiger partial charge on any atom is 0.243 e. The Kier molecular flexibility index (Phi) is 5.72. The molecule has 1 aliphatic heterocycles. The van der Waals surface area contributed by atoms with E-state index in [1.807, 2.05) is 20.8 Å². The van der Waals surface area contributed by atoms with Gasteiger partial charge in [-0.25, -0.2) is 12.8 Å². The van der Waals surface area contributed by atoms with Crippen LogP contribution in [0.15, 0.2) is 41.3 Å². The average Bonchev–Trinajstić information content (AvgIpc) is 2.66. The topological polar surface area (TPSA) is 49.9 Å². The minimum absolute atomic E-state index is 0.277. The van der Waals surface area contributed by atoms with Crippen LogP contribution in [-0.2, 0) is 10.0 Å². The van der Waals surface area contributed by atoms with E-state index in [1.54, 1.807) is 24.3 Å². The van der Waals surface area contributed by atoms with E-state index < -0.39 is 10.0 Å². The first-order valence-corrected chi connectivity index (χ1v) is 10.5. The lowest BCUT2D eigenvalue weighted by Gasteiger charge is -2.35. The highest BCUT2D eigenvalue weighted by Gasteiger charge is 2.30. The number of piperazine rings is 1. The Morgan fingerprint density at radius 2 is 1.59 bits per heavy atom. The fourth-order valence-electron chi connectivity index (χ4n) is 3.34. The van der Waals surface area contributed by atoms with E-state index in [9.17, 15) is 12.8 Å². The molecule has 1 heterocycles. The summed E-state index contributed by atoms with van der Waals surface area (Å²) in [6.07, 6.45) is 0. The molecule has 0 aromatic heterocycles. The van der Waals surface area contributed by atoms with Gasteiger partial charge in [-0.2, -0.15) is 4.31 Å². The molecule has 1 aliphatic rings. The predicted octanol–water partition coefficient (Wildman–Crippen LogP) is 3.35. The Labute approximate surface area is 160 Å². The second kappa shape index (κ2) is 7.86. The number of hydrogen-bond donors (Lipinski definition) is 0. The largest absolute Gasteiger partial charge is 0.494 e. The van der Waals surface area contributed by atoms with Gasteiger partial charge in [0.25, 0.3) is 0 Å². The molecule has 0 spiro atoms. The van der Waals surface area contributed by atoms with Gasteiger partial charge in [-0.15, -0.1) is 0 Å². The maximum atomic E-state index is 13.1. The Morgan fingerprint density at radius 3 is 2.19 bits per heavy atom. The molecule has 1 saturated heterocycles. The zero-order valence-electron chi connectivity index (χ0n) is 15.9. The summed E-state index contributed by atoms with van der Waals surface area (Å²) < 4.78 is 46.4. The third kappa shape index (κ3) is 3.94. The van der Waals surface area contributed by atoms with E-state index in [4.69, 9.17) is 4.74 Å². The van der Waals surface area contributed by atoms with E-state index in [0.717, 1.165) is 22.6 Å². The van der Waals surface area contributed by atoms with Crippen LogP contribution in [0.2, 0.25) is 0 Å². The van der Waals surface area contributed by atoms with Gasteiger partial charge in [0.15, 0.2) is 0 Å². The van der Waals surface area contributed by atoms with Crippen LogP contribution in [0.3, 0.4) is 0 Å². The van der Waals surface area contributed by atoms with Crippen molar-refractivity contribution in [2.45, 2.75) is 25.7 Å². The van der Waals surface area contributed by atoms with Crippen molar-refractivity contribution in [3.63, 3.8) is 0 Å². The molecular weight excluding hydrogens is 367 g/mol. The molecule has 3 rings (SSSR count). The maximum absolute atomic E-state index is 13.1. The summed E-state index contributed by atoms with van der Waals surface area (Å²) in [5, 5.41) is 0. The van der Waals surface area contributed by atoms with E-state index >= 15 is 0 Å². The Bertz CT molecular complexity index is 906. The van der Waals surface area contributed by atoms with Crippen LogP contribution < -0.4 is 9.64 Å². The lowest BCUT2D eigenvalue weighted by atomic mass is 10.1. The summed E-state index contributed by atoms with van der Waals surface area (Å²) in [6.45, 7) is 8.07. The quantitative estimate of drug-likeness (QED) is 0.783. The molecule has 146 valence electrons. The van der Waals surface area contributed by atoms with Crippen LogP contribution in [0.4, 0.5) is 10.1 Å². The number of nitrogens with zero attached hydrogens (tertiary/aromatic N) is 2. The zero-order valence-corrected chi connectivity index (χ0v) is 16.7.